The highest BCUT2D eigenvalue weighted by molar-refractivity contribution is 6.16. The van der Waals surface area contributed by atoms with Crippen LogP contribution < -0.4 is 10.4 Å². The Morgan fingerprint density at radius 2 is 1.96 bits per heavy atom. The van der Waals surface area contributed by atoms with Gasteiger partial charge in [0.2, 0.25) is 0 Å². The molecular weight excluding hydrogens is 296 g/mol. The van der Waals surface area contributed by atoms with E-state index in [1.807, 2.05) is 24.3 Å². The summed E-state index contributed by atoms with van der Waals surface area (Å²) in [6.45, 7) is 14.0. The van der Waals surface area contributed by atoms with Gasteiger partial charge >= 0.3 is 0 Å². The molecule has 0 amide bonds. The molecule has 2 atom stereocenters. The van der Waals surface area contributed by atoms with Crippen LogP contribution in [-0.4, -0.2) is 17.5 Å². The minimum atomic E-state index is -0.127. The molecule has 0 saturated carbocycles. The molecule has 0 radical (unpaired) electrons. The maximum absolute atomic E-state index is 9.49. The molecule has 2 bridgehead atoms. The van der Waals surface area contributed by atoms with Crippen molar-refractivity contribution in [2.45, 2.75) is 18.9 Å². The van der Waals surface area contributed by atoms with E-state index in [-0.39, 0.29) is 12.0 Å². The van der Waals surface area contributed by atoms with Gasteiger partial charge in [-0.1, -0.05) is 43.5 Å². The van der Waals surface area contributed by atoms with E-state index in [4.69, 9.17) is 4.99 Å². The summed E-state index contributed by atoms with van der Waals surface area (Å²) < 4.78 is 0. The largest absolute Gasteiger partial charge is 0.515 e. The number of aliphatic imine (C=N–C) groups is 2. The Bertz CT molecular complexity index is 945. The summed E-state index contributed by atoms with van der Waals surface area (Å²) >= 11 is 0. The molecule has 1 heterocycles. The molecule has 1 aliphatic carbocycles. The van der Waals surface area contributed by atoms with E-state index >= 15 is 0 Å². The Labute approximate surface area is 141 Å². The zero-order chi connectivity index (χ0) is 17.3. The first-order chi connectivity index (χ1) is 11.6. The lowest BCUT2D eigenvalue weighted by molar-refractivity contribution is 0.539. The molecule has 1 aromatic rings. The zero-order valence-corrected chi connectivity index (χ0v) is 13.7. The van der Waals surface area contributed by atoms with Crippen molar-refractivity contribution in [2.75, 3.05) is 0 Å². The molecule has 2 unspecified atom stereocenters. The van der Waals surface area contributed by atoms with Gasteiger partial charge in [-0.25, -0.2) is 0 Å². The highest BCUT2D eigenvalue weighted by Crippen LogP contribution is 2.46. The van der Waals surface area contributed by atoms with Crippen LogP contribution in [0, 0.1) is 0 Å². The smallest absolute Gasteiger partial charge is 0.100 e. The molecule has 1 aromatic carbocycles. The van der Waals surface area contributed by atoms with Crippen LogP contribution in [0.1, 0.15) is 30.0 Å². The van der Waals surface area contributed by atoms with E-state index in [2.05, 4.69) is 31.7 Å². The number of rotatable bonds is 2. The Hall–Kier alpha value is -2.94. The molecule has 0 saturated heterocycles. The van der Waals surface area contributed by atoms with Crippen molar-refractivity contribution in [2.24, 2.45) is 9.98 Å². The average molecular weight is 316 g/mol. The number of aliphatic hydroxyl groups excluding tert-OH is 1. The molecule has 1 N–H and O–H groups in total. The summed E-state index contributed by atoms with van der Waals surface area (Å²) in [7, 11) is 0. The van der Waals surface area contributed by atoms with Gasteiger partial charge in [-0.3, -0.25) is 9.98 Å². The van der Waals surface area contributed by atoms with E-state index in [1.165, 1.54) is 0 Å². The van der Waals surface area contributed by atoms with Gasteiger partial charge in [0.05, 0.1) is 6.26 Å². The Morgan fingerprint density at radius 1 is 1.17 bits per heavy atom. The van der Waals surface area contributed by atoms with Gasteiger partial charge in [-0.05, 0) is 41.0 Å². The second-order valence-corrected chi connectivity index (χ2v) is 5.95. The first kappa shape index (κ1) is 15.9. The number of benzene rings is 1. The third-order valence-corrected chi connectivity index (χ3v) is 4.56. The lowest BCUT2D eigenvalue weighted by Gasteiger charge is -2.32. The first-order valence-corrected chi connectivity index (χ1v) is 7.80. The van der Waals surface area contributed by atoms with E-state index in [0.29, 0.717) is 5.22 Å². The average Bonchev–Trinajstić information content (AvgIpc) is 2.66. The molecule has 1 aliphatic heterocycles. The number of hydrogen-bond acceptors (Lipinski definition) is 3. The number of nitrogens with zero attached hydrogens (tertiary/aromatic N) is 2. The molecule has 24 heavy (non-hydrogen) atoms. The number of hydrogen-bond donors (Lipinski definition) is 1. The fourth-order valence-corrected chi connectivity index (χ4v) is 3.40. The van der Waals surface area contributed by atoms with Crippen LogP contribution in [0.15, 0.2) is 70.3 Å². The van der Waals surface area contributed by atoms with Crippen LogP contribution in [0.2, 0.25) is 0 Å². The lowest BCUT2D eigenvalue weighted by Crippen LogP contribution is -2.29. The zero-order valence-electron chi connectivity index (χ0n) is 13.7. The molecule has 3 heteroatoms. The number of aliphatic hydroxyl groups is 1. The Kier molecular flexibility index (Phi) is 4.17. The topological polar surface area (TPSA) is 45.0 Å². The third kappa shape index (κ3) is 2.48. The predicted molar refractivity (Wildman–Crippen MR) is 102 cm³/mol. The molecule has 0 aromatic heterocycles. The molecule has 3 rings (SSSR count). The molecule has 3 nitrogen and oxygen atoms in total. The summed E-state index contributed by atoms with van der Waals surface area (Å²) in [5.74, 6) is -0.0436. The second kappa shape index (κ2) is 6.28. The van der Waals surface area contributed by atoms with E-state index < -0.39 is 0 Å². The normalized spacial score (nSPS) is 26.0. The minimum absolute atomic E-state index is 0.0436. The summed E-state index contributed by atoms with van der Waals surface area (Å²) in [6, 6.07) is 3.84. The predicted octanol–water partition coefficient (Wildman–Crippen LogP) is 3.26. The van der Waals surface area contributed by atoms with Crippen molar-refractivity contribution >= 4 is 25.3 Å². The standard InChI is InChI=1S/C21H20N2O/c1-5-6-7-17-14(3)20-15(4)22-8-9-23-21(17)19-10-13(2)16(12-24)11-18(19)20/h5-12,20-21,24H,1-2,4H2,3H3/b7-6-,16-12-,22-8-,23-9-. The van der Waals surface area contributed by atoms with Crippen molar-refractivity contribution in [3.63, 3.8) is 0 Å². The maximum Gasteiger partial charge on any atom is 0.100 e. The molecular formula is C21H20N2O. The van der Waals surface area contributed by atoms with E-state index in [0.717, 1.165) is 39.5 Å². The number of fused-ring (bicyclic) bond motifs is 5. The van der Waals surface area contributed by atoms with Gasteiger partial charge in [-0.2, -0.15) is 0 Å². The monoisotopic (exact) mass is 316 g/mol. The lowest BCUT2D eigenvalue weighted by atomic mass is 9.74. The molecule has 2 aliphatic rings. The number of allylic oxidation sites excluding steroid dienone is 3. The van der Waals surface area contributed by atoms with Gasteiger partial charge in [0.1, 0.15) is 6.04 Å². The maximum atomic E-state index is 9.49. The minimum Gasteiger partial charge on any atom is -0.515 e. The Morgan fingerprint density at radius 3 is 2.67 bits per heavy atom. The summed E-state index contributed by atoms with van der Waals surface area (Å²) in [6.07, 6.45) is 10.2. The van der Waals surface area contributed by atoms with Crippen molar-refractivity contribution in [1.82, 2.24) is 0 Å². The highest BCUT2D eigenvalue weighted by Gasteiger charge is 2.33. The fourth-order valence-electron chi connectivity index (χ4n) is 3.40. The summed E-state index contributed by atoms with van der Waals surface area (Å²) in [4.78, 5) is 9.13. The van der Waals surface area contributed by atoms with Gasteiger partial charge in [0, 0.05) is 29.3 Å². The van der Waals surface area contributed by atoms with Crippen LogP contribution >= 0.6 is 0 Å². The first-order valence-electron chi connectivity index (χ1n) is 7.80. The van der Waals surface area contributed by atoms with Gasteiger partial charge in [0.15, 0.2) is 0 Å². The van der Waals surface area contributed by atoms with E-state index in [9.17, 15) is 5.11 Å². The fraction of sp³-hybridized carbons (Fsp3) is 0.143. The second-order valence-electron chi connectivity index (χ2n) is 5.95. The molecule has 0 fully saturated rings. The van der Waals surface area contributed by atoms with Crippen LogP contribution in [0.25, 0.3) is 12.8 Å². The SMILES string of the molecule is C=C/C=C\C1=C(C)C2C(=C)/N=C\C=N/C1c1cc(=C)/c(=C\O)cc12. The van der Waals surface area contributed by atoms with Crippen molar-refractivity contribution in [1.29, 1.82) is 0 Å². The summed E-state index contributed by atoms with van der Waals surface area (Å²) in [5.41, 5.74) is 5.18. The van der Waals surface area contributed by atoms with Crippen LogP contribution in [0.3, 0.4) is 0 Å². The van der Waals surface area contributed by atoms with Crippen molar-refractivity contribution in [3.8, 4) is 0 Å². The van der Waals surface area contributed by atoms with Crippen molar-refractivity contribution < 1.29 is 5.11 Å². The quantitative estimate of drug-likeness (QED) is 0.836. The van der Waals surface area contributed by atoms with Gasteiger partial charge < -0.3 is 5.11 Å². The van der Waals surface area contributed by atoms with Gasteiger partial charge in [-0.15, -0.1) is 0 Å². The molecule has 0 spiro atoms. The van der Waals surface area contributed by atoms with Crippen LogP contribution in [-0.2, 0) is 0 Å². The van der Waals surface area contributed by atoms with Crippen LogP contribution in [0.4, 0.5) is 0 Å². The third-order valence-electron chi connectivity index (χ3n) is 4.56. The van der Waals surface area contributed by atoms with Crippen molar-refractivity contribution in [3.05, 3.63) is 81.9 Å². The van der Waals surface area contributed by atoms with Crippen LogP contribution in [0.5, 0.6) is 0 Å². The highest BCUT2D eigenvalue weighted by atomic mass is 16.2. The Balaban J connectivity index is 2.39. The van der Waals surface area contributed by atoms with E-state index in [1.54, 1.807) is 18.5 Å². The summed E-state index contributed by atoms with van der Waals surface area (Å²) in [5, 5.41) is 11.0. The molecule has 120 valence electrons. The van der Waals surface area contributed by atoms with Gasteiger partial charge in [0.25, 0.3) is 0 Å².